The Kier molecular flexibility index (Phi) is 4.88. The number of carbonyl (C=O) groups is 1. The van der Waals surface area contributed by atoms with Crippen LogP contribution in [0.1, 0.15) is 50.3 Å². The number of hydrogen-bond donors (Lipinski definition) is 2. The van der Waals surface area contributed by atoms with Crippen molar-refractivity contribution in [3.05, 3.63) is 24.2 Å². The van der Waals surface area contributed by atoms with Gasteiger partial charge in [0.15, 0.2) is 0 Å². The van der Waals surface area contributed by atoms with Gasteiger partial charge in [0.1, 0.15) is 5.76 Å². The molecule has 0 radical (unpaired) electrons. The van der Waals surface area contributed by atoms with Crippen molar-refractivity contribution in [3.63, 3.8) is 0 Å². The molecule has 1 saturated heterocycles. The zero-order valence-corrected chi connectivity index (χ0v) is 16.8. The molecule has 0 spiro atoms. The first-order valence-corrected chi connectivity index (χ1v) is 11.8. The monoisotopic (exact) mass is 389 g/mol. The fraction of sp³-hybridized carbons (Fsp3) is 0.762. The fourth-order valence-electron chi connectivity index (χ4n) is 6.52. The molecule has 27 heavy (non-hydrogen) atoms. The second kappa shape index (κ2) is 7.36. The topological polar surface area (TPSA) is 57.5 Å². The largest absolute Gasteiger partial charge is 0.468 e. The lowest BCUT2D eigenvalue weighted by Gasteiger charge is -2.56. The minimum Gasteiger partial charge on any atom is -0.468 e. The Bertz CT molecular complexity index is 621. The van der Waals surface area contributed by atoms with Crippen LogP contribution >= 0.6 is 11.8 Å². The van der Waals surface area contributed by atoms with E-state index in [0.29, 0.717) is 6.54 Å². The molecule has 5 fully saturated rings. The van der Waals surface area contributed by atoms with Crippen LogP contribution in [0, 0.1) is 17.8 Å². The predicted molar refractivity (Wildman–Crippen MR) is 108 cm³/mol. The lowest BCUT2D eigenvalue weighted by Crippen LogP contribution is -2.61. The van der Waals surface area contributed by atoms with Gasteiger partial charge in [0, 0.05) is 36.7 Å². The Morgan fingerprint density at radius 2 is 1.85 bits per heavy atom. The molecule has 1 aromatic rings. The Balaban J connectivity index is 1.21. The first-order valence-electron chi connectivity index (χ1n) is 10.6. The molecule has 4 bridgehead atoms. The Morgan fingerprint density at radius 3 is 2.44 bits per heavy atom. The molecular formula is C21H31N3O2S. The summed E-state index contributed by atoms with van der Waals surface area (Å²) in [4.78, 5) is 15.3. The van der Waals surface area contributed by atoms with Crippen molar-refractivity contribution in [2.24, 2.45) is 17.8 Å². The number of nitrogens with zero attached hydrogens (tertiary/aromatic N) is 1. The number of nitrogens with one attached hydrogen (secondary N) is 2. The van der Waals surface area contributed by atoms with Crippen molar-refractivity contribution in [1.29, 1.82) is 0 Å². The number of thioether (sulfide) groups is 1. The summed E-state index contributed by atoms with van der Waals surface area (Å²) in [7, 11) is 0. The maximum Gasteiger partial charge on any atom is 0.315 e. The predicted octanol–water partition coefficient (Wildman–Crippen LogP) is 3.64. The van der Waals surface area contributed by atoms with Gasteiger partial charge in [-0.15, -0.1) is 0 Å². The maximum absolute atomic E-state index is 12.8. The number of urea groups is 1. The summed E-state index contributed by atoms with van der Waals surface area (Å²) in [5.74, 6) is 5.79. The van der Waals surface area contributed by atoms with Crippen LogP contribution in [0.5, 0.6) is 0 Å². The van der Waals surface area contributed by atoms with Crippen molar-refractivity contribution >= 4 is 17.8 Å². The first kappa shape index (κ1) is 17.9. The van der Waals surface area contributed by atoms with E-state index in [-0.39, 0.29) is 17.6 Å². The van der Waals surface area contributed by atoms with E-state index in [2.05, 4.69) is 15.5 Å². The third kappa shape index (κ3) is 3.75. The molecule has 4 aliphatic carbocycles. The molecule has 2 amide bonds. The fourth-order valence-corrected chi connectivity index (χ4v) is 7.45. The Morgan fingerprint density at radius 1 is 1.19 bits per heavy atom. The number of rotatable bonds is 5. The summed E-state index contributed by atoms with van der Waals surface area (Å²) >= 11 is 2.00. The Hall–Kier alpha value is -1.14. The van der Waals surface area contributed by atoms with Crippen LogP contribution < -0.4 is 10.6 Å². The molecule has 6 rings (SSSR count). The summed E-state index contributed by atoms with van der Waals surface area (Å²) in [5, 5.41) is 6.61. The molecule has 2 N–H and O–H groups in total. The van der Waals surface area contributed by atoms with E-state index >= 15 is 0 Å². The molecule has 5 aliphatic rings. The maximum atomic E-state index is 12.8. The molecule has 1 aromatic heterocycles. The zero-order chi connectivity index (χ0) is 18.3. The van der Waals surface area contributed by atoms with Gasteiger partial charge in [0.2, 0.25) is 0 Å². The molecule has 1 aliphatic heterocycles. The molecule has 2 heterocycles. The summed E-state index contributed by atoms with van der Waals surface area (Å²) in [6.07, 6.45) is 9.50. The first-order chi connectivity index (χ1) is 13.2. The van der Waals surface area contributed by atoms with E-state index in [1.54, 1.807) is 6.26 Å². The number of amides is 2. The number of hydrogen-bond acceptors (Lipinski definition) is 4. The second-order valence-corrected chi connectivity index (χ2v) is 10.4. The van der Waals surface area contributed by atoms with Gasteiger partial charge in [0.05, 0.1) is 12.3 Å². The van der Waals surface area contributed by atoms with Crippen molar-refractivity contribution in [3.8, 4) is 0 Å². The SMILES string of the molecule is O=C(NCC(c1ccco1)N1CCSCC1)NC12CC3CC(CC(C3)C1)C2. The van der Waals surface area contributed by atoms with E-state index in [4.69, 9.17) is 4.42 Å². The van der Waals surface area contributed by atoms with Crippen molar-refractivity contribution in [1.82, 2.24) is 15.5 Å². The molecule has 1 unspecified atom stereocenters. The van der Waals surface area contributed by atoms with Crippen LogP contribution in [0.3, 0.4) is 0 Å². The van der Waals surface area contributed by atoms with Crippen molar-refractivity contribution in [2.75, 3.05) is 31.1 Å². The highest BCUT2D eigenvalue weighted by atomic mass is 32.2. The van der Waals surface area contributed by atoms with Gasteiger partial charge in [-0.3, -0.25) is 4.90 Å². The van der Waals surface area contributed by atoms with Crippen LogP contribution in [0.15, 0.2) is 22.8 Å². The molecule has 5 nitrogen and oxygen atoms in total. The molecule has 0 aromatic carbocycles. The van der Waals surface area contributed by atoms with E-state index < -0.39 is 0 Å². The summed E-state index contributed by atoms with van der Waals surface area (Å²) in [5.41, 5.74) is 0.0702. The van der Waals surface area contributed by atoms with Crippen LogP contribution in [-0.4, -0.2) is 47.6 Å². The van der Waals surface area contributed by atoms with E-state index in [9.17, 15) is 4.79 Å². The lowest BCUT2D eigenvalue weighted by atomic mass is 9.53. The van der Waals surface area contributed by atoms with E-state index in [1.165, 1.54) is 38.5 Å². The third-order valence-electron chi connectivity index (χ3n) is 7.23. The molecule has 148 valence electrons. The highest BCUT2D eigenvalue weighted by molar-refractivity contribution is 7.99. The van der Waals surface area contributed by atoms with Crippen LogP contribution in [0.25, 0.3) is 0 Å². The van der Waals surface area contributed by atoms with Gasteiger partial charge in [-0.25, -0.2) is 4.79 Å². The minimum atomic E-state index is 0.0138. The highest BCUT2D eigenvalue weighted by Crippen LogP contribution is 2.55. The lowest BCUT2D eigenvalue weighted by molar-refractivity contribution is -0.0136. The minimum absolute atomic E-state index is 0.0138. The highest BCUT2D eigenvalue weighted by Gasteiger charge is 2.51. The number of furan rings is 1. The van der Waals surface area contributed by atoms with E-state index in [1.807, 2.05) is 23.9 Å². The molecule has 1 atom stereocenters. The van der Waals surface area contributed by atoms with Gasteiger partial charge in [-0.1, -0.05) is 0 Å². The zero-order valence-electron chi connectivity index (χ0n) is 16.0. The van der Waals surface area contributed by atoms with Crippen LogP contribution in [0.4, 0.5) is 4.79 Å². The van der Waals surface area contributed by atoms with Crippen molar-refractivity contribution in [2.45, 2.75) is 50.1 Å². The summed E-state index contributed by atoms with van der Waals surface area (Å²) < 4.78 is 5.70. The van der Waals surface area contributed by atoms with Crippen LogP contribution in [-0.2, 0) is 0 Å². The van der Waals surface area contributed by atoms with Crippen molar-refractivity contribution < 1.29 is 9.21 Å². The third-order valence-corrected chi connectivity index (χ3v) is 8.17. The Labute approximate surface area is 166 Å². The van der Waals surface area contributed by atoms with Gasteiger partial charge in [-0.05, 0) is 68.4 Å². The average molecular weight is 390 g/mol. The van der Waals surface area contributed by atoms with E-state index in [0.717, 1.165) is 48.1 Å². The smallest absolute Gasteiger partial charge is 0.315 e. The standard InChI is InChI=1S/C21H31N3O2S/c25-20(23-21-11-15-8-16(12-21)10-17(9-15)13-21)22-14-18(19-2-1-5-26-19)24-3-6-27-7-4-24/h1-2,5,15-18H,3-4,6-14H2,(H2,22,23,25). The molecular weight excluding hydrogens is 358 g/mol. The van der Waals surface area contributed by atoms with Gasteiger partial charge in [0.25, 0.3) is 0 Å². The van der Waals surface area contributed by atoms with Crippen LogP contribution in [0.2, 0.25) is 0 Å². The second-order valence-electron chi connectivity index (χ2n) is 9.21. The molecule has 4 saturated carbocycles. The molecule has 6 heteroatoms. The number of carbonyl (C=O) groups excluding carboxylic acids is 1. The summed E-state index contributed by atoms with van der Waals surface area (Å²) in [6.45, 7) is 2.71. The van der Waals surface area contributed by atoms with Gasteiger partial charge in [-0.2, -0.15) is 11.8 Å². The quantitative estimate of drug-likeness (QED) is 0.807. The van der Waals surface area contributed by atoms with Gasteiger partial charge >= 0.3 is 6.03 Å². The van der Waals surface area contributed by atoms with Gasteiger partial charge < -0.3 is 15.1 Å². The normalized spacial score (nSPS) is 36.5. The summed E-state index contributed by atoms with van der Waals surface area (Å²) in [6, 6.07) is 4.12. The average Bonchev–Trinajstić information content (AvgIpc) is 3.15.